The van der Waals surface area contributed by atoms with Crippen LogP contribution in [0.5, 0.6) is 5.75 Å². The lowest BCUT2D eigenvalue weighted by atomic mass is 10.1. The maximum Gasteiger partial charge on any atom is 0.265 e. The average molecular weight is 338 g/mol. The second kappa shape index (κ2) is 7.38. The van der Waals surface area contributed by atoms with Crippen LogP contribution < -0.4 is 10.1 Å². The van der Waals surface area contributed by atoms with Gasteiger partial charge in [0.2, 0.25) is 0 Å². The molecule has 2 aromatic rings. The van der Waals surface area contributed by atoms with Crippen LogP contribution in [0, 0.1) is 0 Å². The highest BCUT2D eigenvalue weighted by Crippen LogP contribution is 2.28. The number of carbonyl (C=O) groups excluding carboxylic acids is 2. The Bertz CT molecular complexity index is 742. The number of benzene rings is 2. The molecule has 3 rings (SSSR count). The van der Waals surface area contributed by atoms with E-state index < -0.39 is 6.10 Å². The second-order valence-electron chi connectivity index (χ2n) is 5.96. The van der Waals surface area contributed by atoms with E-state index in [4.69, 9.17) is 4.74 Å². The molecule has 0 spiro atoms. The van der Waals surface area contributed by atoms with Gasteiger partial charge in [-0.05, 0) is 49.7 Å². The Kier molecular flexibility index (Phi) is 5.03. The summed E-state index contributed by atoms with van der Waals surface area (Å²) < 4.78 is 5.69. The van der Waals surface area contributed by atoms with Crippen molar-refractivity contribution < 1.29 is 14.3 Å². The molecule has 2 aromatic carbocycles. The van der Waals surface area contributed by atoms with E-state index in [1.165, 1.54) is 0 Å². The normalized spacial score (nSPS) is 15.2. The molecule has 1 N–H and O–H groups in total. The van der Waals surface area contributed by atoms with E-state index in [9.17, 15) is 9.59 Å². The van der Waals surface area contributed by atoms with Gasteiger partial charge in [-0.2, -0.15) is 0 Å². The molecule has 1 atom stereocenters. The highest BCUT2D eigenvalue weighted by molar-refractivity contribution is 5.97. The summed E-state index contributed by atoms with van der Waals surface area (Å²) >= 11 is 0. The van der Waals surface area contributed by atoms with E-state index in [1.54, 1.807) is 29.2 Å². The third kappa shape index (κ3) is 3.65. The van der Waals surface area contributed by atoms with E-state index in [0.29, 0.717) is 30.8 Å². The van der Waals surface area contributed by atoms with Crippen molar-refractivity contribution in [3.8, 4) is 5.75 Å². The number of amides is 2. The molecule has 1 aliphatic heterocycles. The fourth-order valence-electron chi connectivity index (χ4n) is 2.94. The number of hydrogen-bond acceptors (Lipinski definition) is 3. The van der Waals surface area contributed by atoms with E-state index in [-0.39, 0.29) is 11.8 Å². The second-order valence-corrected chi connectivity index (χ2v) is 5.96. The number of nitrogens with zero attached hydrogens (tertiary/aromatic N) is 1. The van der Waals surface area contributed by atoms with Gasteiger partial charge in [0.25, 0.3) is 11.8 Å². The predicted octanol–water partition coefficient (Wildman–Crippen LogP) is 3.11. The number of rotatable bonds is 5. The van der Waals surface area contributed by atoms with Crippen LogP contribution in [0.2, 0.25) is 0 Å². The summed E-state index contributed by atoms with van der Waals surface area (Å²) in [6.07, 6.45) is 0.0509. The molecule has 1 aliphatic rings. The van der Waals surface area contributed by atoms with Crippen LogP contribution in [-0.4, -0.2) is 35.9 Å². The van der Waals surface area contributed by atoms with Gasteiger partial charge in [-0.1, -0.05) is 18.2 Å². The van der Waals surface area contributed by atoms with Gasteiger partial charge in [0, 0.05) is 30.8 Å². The Morgan fingerprint density at radius 1 is 1.08 bits per heavy atom. The number of fused-ring (bicyclic) bond motifs is 1. The maximum atomic E-state index is 12.4. The fourth-order valence-corrected chi connectivity index (χ4v) is 2.94. The predicted molar refractivity (Wildman–Crippen MR) is 96.9 cm³/mol. The van der Waals surface area contributed by atoms with Crippen molar-refractivity contribution in [2.45, 2.75) is 26.4 Å². The lowest BCUT2D eigenvalue weighted by Crippen LogP contribution is -2.31. The summed E-state index contributed by atoms with van der Waals surface area (Å²) in [5, 5.41) is 2.85. The van der Waals surface area contributed by atoms with Crippen LogP contribution in [0.4, 0.5) is 5.69 Å². The van der Waals surface area contributed by atoms with Gasteiger partial charge in [-0.15, -0.1) is 0 Å². The van der Waals surface area contributed by atoms with Gasteiger partial charge in [-0.25, -0.2) is 0 Å². The molecule has 2 amide bonds. The van der Waals surface area contributed by atoms with Crippen molar-refractivity contribution in [3.05, 3.63) is 59.7 Å². The lowest BCUT2D eigenvalue weighted by Gasteiger charge is -2.18. The molecule has 0 saturated carbocycles. The minimum Gasteiger partial charge on any atom is -0.480 e. The fraction of sp³-hybridized carbons (Fsp3) is 0.300. The topological polar surface area (TPSA) is 58.6 Å². The van der Waals surface area contributed by atoms with Crippen molar-refractivity contribution in [3.63, 3.8) is 0 Å². The number of anilines is 1. The smallest absolute Gasteiger partial charge is 0.265 e. The minimum atomic E-state index is -0.519. The van der Waals surface area contributed by atoms with Crippen LogP contribution in [0.15, 0.2) is 48.5 Å². The Morgan fingerprint density at radius 2 is 1.76 bits per heavy atom. The molecule has 1 unspecified atom stereocenters. The third-order valence-corrected chi connectivity index (χ3v) is 4.39. The Hall–Kier alpha value is -2.82. The largest absolute Gasteiger partial charge is 0.480 e. The van der Waals surface area contributed by atoms with Crippen molar-refractivity contribution in [2.75, 3.05) is 18.4 Å². The average Bonchev–Trinajstić information content (AvgIpc) is 3.07. The zero-order valence-electron chi connectivity index (χ0n) is 14.5. The Labute approximate surface area is 147 Å². The summed E-state index contributed by atoms with van der Waals surface area (Å²) in [6.45, 7) is 5.26. The minimum absolute atomic E-state index is 0.00236. The number of carbonyl (C=O) groups is 2. The standard InChI is InChI=1S/C20H22N2O3/c1-3-22(4-2)20(24)14-9-11-16(12-10-14)21-19(23)18-13-15-7-5-6-8-17(15)25-18/h5-12,18H,3-4,13H2,1-2H3,(H,21,23). The van der Waals surface area contributed by atoms with Crippen LogP contribution in [-0.2, 0) is 11.2 Å². The quantitative estimate of drug-likeness (QED) is 0.911. The highest BCUT2D eigenvalue weighted by Gasteiger charge is 2.28. The summed E-state index contributed by atoms with van der Waals surface area (Å²) in [5.41, 5.74) is 2.31. The molecule has 0 fully saturated rings. The molecule has 25 heavy (non-hydrogen) atoms. The molecule has 130 valence electrons. The van der Waals surface area contributed by atoms with Gasteiger partial charge >= 0.3 is 0 Å². The molecular formula is C20H22N2O3. The monoisotopic (exact) mass is 338 g/mol. The van der Waals surface area contributed by atoms with Gasteiger partial charge in [-0.3, -0.25) is 9.59 Å². The molecule has 5 nitrogen and oxygen atoms in total. The summed E-state index contributed by atoms with van der Waals surface area (Å²) in [7, 11) is 0. The van der Waals surface area contributed by atoms with Crippen molar-refractivity contribution in [2.24, 2.45) is 0 Å². The van der Waals surface area contributed by atoms with Gasteiger partial charge in [0.15, 0.2) is 6.10 Å². The molecule has 0 bridgehead atoms. The highest BCUT2D eigenvalue weighted by atomic mass is 16.5. The first kappa shape index (κ1) is 17.0. The molecular weight excluding hydrogens is 316 g/mol. The number of hydrogen-bond donors (Lipinski definition) is 1. The molecule has 5 heteroatoms. The molecule has 0 aromatic heterocycles. The number of ether oxygens (including phenoxy) is 1. The number of para-hydroxylation sites is 1. The SMILES string of the molecule is CCN(CC)C(=O)c1ccc(NC(=O)C2Cc3ccccc3O2)cc1. The van der Waals surface area contributed by atoms with E-state index >= 15 is 0 Å². The first-order valence-electron chi connectivity index (χ1n) is 8.57. The third-order valence-electron chi connectivity index (χ3n) is 4.39. The summed E-state index contributed by atoms with van der Waals surface area (Å²) in [4.78, 5) is 26.4. The number of nitrogens with one attached hydrogen (secondary N) is 1. The zero-order chi connectivity index (χ0) is 17.8. The first-order chi connectivity index (χ1) is 12.1. The van der Waals surface area contributed by atoms with E-state index in [1.807, 2.05) is 38.1 Å². The van der Waals surface area contributed by atoms with Crippen LogP contribution in [0.3, 0.4) is 0 Å². The zero-order valence-corrected chi connectivity index (χ0v) is 14.5. The molecule has 0 radical (unpaired) electrons. The van der Waals surface area contributed by atoms with Gasteiger partial charge < -0.3 is 15.0 Å². The van der Waals surface area contributed by atoms with Crippen molar-refractivity contribution in [1.29, 1.82) is 0 Å². The van der Waals surface area contributed by atoms with Crippen LogP contribution >= 0.6 is 0 Å². The Morgan fingerprint density at radius 3 is 2.40 bits per heavy atom. The van der Waals surface area contributed by atoms with Gasteiger partial charge in [0.1, 0.15) is 5.75 Å². The summed E-state index contributed by atoms with van der Waals surface area (Å²) in [6, 6.07) is 14.6. The van der Waals surface area contributed by atoms with Crippen LogP contribution in [0.25, 0.3) is 0 Å². The Balaban J connectivity index is 1.62. The van der Waals surface area contributed by atoms with Gasteiger partial charge in [0.05, 0.1) is 0 Å². The molecule has 0 aliphatic carbocycles. The molecule has 0 saturated heterocycles. The lowest BCUT2D eigenvalue weighted by molar-refractivity contribution is -0.122. The molecule has 1 heterocycles. The van der Waals surface area contributed by atoms with Crippen LogP contribution in [0.1, 0.15) is 29.8 Å². The summed E-state index contributed by atoms with van der Waals surface area (Å²) in [5.74, 6) is 0.583. The van der Waals surface area contributed by atoms with E-state index in [2.05, 4.69) is 5.32 Å². The van der Waals surface area contributed by atoms with Crippen molar-refractivity contribution >= 4 is 17.5 Å². The maximum absolute atomic E-state index is 12.4. The van der Waals surface area contributed by atoms with Crippen molar-refractivity contribution in [1.82, 2.24) is 4.90 Å². The van der Waals surface area contributed by atoms with E-state index in [0.717, 1.165) is 11.3 Å². The first-order valence-corrected chi connectivity index (χ1v) is 8.57.